The van der Waals surface area contributed by atoms with Crippen molar-refractivity contribution in [2.45, 2.75) is 64.0 Å². The Morgan fingerprint density at radius 3 is 2.53 bits per heavy atom. The van der Waals surface area contributed by atoms with Crippen LogP contribution in [0.4, 0.5) is 4.39 Å². The number of likely N-dealkylation sites (N-methyl/N-ethyl adjacent to an activating group) is 1. The molecule has 9 nitrogen and oxygen atoms in total. The molecule has 10 heteroatoms. The highest BCUT2D eigenvalue weighted by molar-refractivity contribution is 5.91. The summed E-state index contributed by atoms with van der Waals surface area (Å²) >= 11 is 0. The number of rotatable bonds is 10. The van der Waals surface area contributed by atoms with E-state index in [2.05, 4.69) is 46.6 Å². The maximum Gasteiger partial charge on any atom is 0.248 e. The molecule has 47 heavy (non-hydrogen) atoms. The van der Waals surface area contributed by atoms with Crippen molar-refractivity contribution in [2.24, 2.45) is 5.92 Å². The molecule has 1 saturated carbocycles. The molecule has 3 aliphatic rings. The lowest BCUT2D eigenvalue weighted by atomic mass is 9.88. The highest BCUT2D eigenvalue weighted by Crippen LogP contribution is 2.42. The van der Waals surface area contributed by atoms with Crippen LogP contribution >= 0.6 is 0 Å². The standard InChI is InChI=1S/C37H47FN6O3/c1-23-35(40-44-20-28(17-33(47-5)36(23)44)24(2)42-12-6-7-30(21-42)39-3)32-16-27-15-29(38)18-31(37(27)43(32)19-25-8-9-25)26-10-13-41(14-11-26)34(45)22-46-4/h15-18,20,25-26,30,39H,2,6-14,19,21-22H2,1,3-5H3. The second kappa shape index (κ2) is 13.0. The van der Waals surface area contributed by atoms with Crippen LogP contribution in [0.5, 0.6) is 5.75 Å². The van der Waals surface area contributed by atoms with Crippen LogP contribution in [0.3, 0.4) is 0 Å². The molecular formula is C37H47FN6O3. The number of aryl methyl sites for hydroxylation is 1. The first-order valence-electron chi connectivity index (χ1n) is 17.1. The number of carbonyl (C=O) groups excluding carboxylic acids is 1. The number of ether oxygens (including phenoxy) is 2. The summed E-state index contributed by atoms with van der Waals surface area (Å²) in [6.45, 7) is 10.7. The summed E-state index contributed by atoms with van der Waals surface area (Å²) in [6.07, 6.45) is 8.33. The van der Waals surface area contributed by atoms with Crippen molar-refractivity contribution in [3.8, 4) is 17.1 Å². The first-order valence-corrected chi connectivity index (χ1v) is 17.1. The number of likely N-dealkylation sites (tertiary alicyclic amines) is 2. The summed E-state index contributed by atoms with van der Waals surface area (Å²) in [5.41, 5.74) is 7.91. The number of nitrogens with zero attached hydrogens (tertiary/aromatic N) is 5. The molecule has 0 bridgehead atoms. The molecule has 1 amide bonds. The van der Waals surface area contributed by atoms with E-state index in [1.807, 2.05) is 16.5 Å². The third-order valence-electron chi connectivity index (χ3n) is 10.6. The zero-order valence-corrected chi connectivity index (χ0v) is 28.1. The molecule has 1 atom stereocenters. The molecule has 0 spiro atoms. The van der Waals surface area contributed by atoms with Crippen molar-refractivity contribution in [2.75, 3.05) is 54.1 Å². The fraction of sp³-hybridized carbons (Fsp3) is 0.514. The average Bonchev–Trinajstić information content (AvgIpc) is 3.76. The first kappa shape index (κ1) is 31.7. The molecule has 0 radical (unpaired) electrons. The normalized spacial score (nSPS) is 19.2. The van der Waals surface area contributed by atoms with Gasteiger partial charge in [-0.1, -0.05) is 6.58 Å². The highest BCUT2D eigenvalue weighted by atomic mass is 19.1. The number of pyridine rings is 1. The van der Waals surface area contributed by atoms with Gasteiger partial charge in [-0.25, -0.2) is 8.91 Å². The number of methoxy groups -OCH3 is 2. The van der Waals surface area contributed by atoms with E-state index in [0.29, 0.717) is 25.0 Å². The Bertz CT molecular complexity index is 1820. The average molecular weight is 643 g/mol. The summed E-state index contributed by atoms with van der Waals surface area (Å²) in [4.78, 5) is 16.7. The van der Waals surface area contributed by atoms with E-state index in [0.717, 1.165) is 101 Å². The Balaban J connectivity index is 1.30. The van der Waals surface area contributed by atoms with Crippen molar-refractivity contribution in [1.82, 2.24) is 29.3 Å². The van der Waals surface area contributed by atoms with Crippen molar-refractivity contribution in [3.63, 3.8) is 0 Å². The van der Waals surface area contributed by atoms with Crippen LogP contribution in [0, 0.1) is 18.7 Å². The van der Waals surface area contributed by atoms with Gasteiger partial charge >= 0.3 is 0 Å². The lowest BCUT2D eigenvalue weighted by Crippen LogP contribution is -2.43. The lowest BCUT2D eigenvalue weighted by molar-refractivity contribution is -0.136. The fourth-order valence-electron chi connectivity index (χ4n) is 7.80. The first-order chi connectivity index (χ1) is 22.8. The fourth-order valence-corrected chi connectivity index (χ4v) is 7.80. The number of amides is 1. The number of halogens is 1. The molecule has 2 saturated heterocycles. The summed E-state index contributed by atoms with van der Waals surface area (Å²) in [5.74, 6) is 1.30. The van der Waals surface area contributed by atoms with Crippen LogP contribution < -0.4 is 10.1 Å². The van der Waals surface area contributed by atoms with Gasteiger partial charge in [0, 0.05) is 74.3 Å². The maximum absolute atomic E-state index is 15.3. The van der Waals surface area contributed by atoms with Crippen molar-refractivity contribution in [1.29, 1.82) is 0 Å². The number of hydrogen-bond acceptors (Lipinski definition) is 6. The highest BCUT2D eigenvalue weighted by Gasteiger charge is 2.31. The van der Waals surface area contributed by atoms with E-state index in [1.54, 1.807) is 26.4 Å². The zero-order valence-electron chi connectivity index (χ0n) is 28.1. The Kier molecular flexibility index (Phi) is 8.74. The van der Waals surface area contributed by atoms with Gasteiger partial charge in [-0.05, 0) is 94.2 Å². The largest absolute Gasteiger partial charge is 0.494 e. The van der Waals surface area contributed by atoms with Crippen LogP contribution in [0.2, 0.25) is 0 Å². The minimum Gasteiger partial charge on any atom is -0.494 e. The van der Waals surface area contributed by atoms with Crippen LogP contribution in [0.25, 0.3) is 33.5 Å². The SMILES string of the molecule is C=C(c1cc(OC)c2c(C)c(-c3cc4cc(F)cc(C5CCN(C(=O)COC)CC5)c4n3CC3CC3)nn2c1)N1CCCC(NC)C1. The van der Waals surface area contributed by atoms with E-state index in [4.69, 9.17) is 14.6 Å². The molecule has 4 aromatic rings. The minimum absolute atomic E-state index is 0.0114. The smallest absolute Gasteiger partial charge is 0.248 e. The number of aromatic nitrogens is 3. The maximum atomic E-state index is 15.3. The number of carbonyl (C=O) groups is 1. The van der Waals surface area contributed by atoms with Gasteiger partial charge in [0.15, 0.2) is 0 Å². The van der Waals surface area contributed by atoms with E-state index in [1.165, 1.54) is 12.8 Å². The van der Waals surface area contributed by atoms with E-state index < -0.39 is 0 Å². The molecule has 2 aliphatic heterocycles. The number of fused-ring (bicyclic) bond motifs is 2. The number of piperidine rings is 2. The Labute approximate surface area is 276 Å². The van der Waals surface area contributed by atoms with Crippen LogP contribution in [-0.4, -0.2) is 90.0 Å². The monoisotopic (exact) mass is 642 g/mol. The van der Waals surface area contributed by atoms with Gasteiger partial charge < -0.3 is 29.2 Å². The third-order valence-corrected chi connectivity index (χ3v) is 10.6. The molecule has 250 valence electrons. The molecule has 1 N–H and O–H groups in total. The van der Waals surface area contributed by atoms with Gasteiger partial charge in [-0.3, -0.25) is 4.79 Å². The van der Waals surface area contributed by atoms with Gasteiger partial charge in [0.2, 0.25) is 5.91 Å². The van der Waals surface area contributed by atoms with E-state index in [9.17, 15) is 4.79 Å². The zero-order chi connectivity index (χ0) is 32.8. The van der Waals surface area contributed by atoms with Gasteiger partial charge in [0.05, 0.1) is 18.3 Å². The number of nitrogens with one attached hydrogen (secondary N) is 1. The van der Waals surface area contributed by atoms with Gasteiger partial charge in [-0.2, -0.15) is 5.10 Å². The van der Waals surface area contributed by atoms with Gasteiger partial charge in [0.1, 0.15) is 29.4 Å². The summed E-state index contributed by atoms with van der Waals surface area (Å²) in [6, 6.07) is 8.03. The van der Waals surface area contributed by atoms with Gasteiger partial charge in [0.25, 0.3) is 0 Å². The Morgan fingerprint density at radius 1 is 1.04 bits per heavy atom. The Hall–Kier alpha value is -3.89. The van der Waals surface area contributed by atoms with Crippen molar-refractivity contribution in [3.05, 3.63) is 59.5 Å². The van der Waals surface area contributed by atoms with Crippen molar-refractivity contribution >= 4 is 28.0 Å². The van der Waals surface area contributed by atoms with Crippen LogP contribution in [0.15, 0.2) is 37.0 Å². The molecule has 3 aromatic heterocycles. The molecule has 3 fully saturated rings. The minimum atomic E-state index is -0.227. The predicted molar refractivity (Wildman–Crippen MR) is 183 cm³/mol. The van der Waals surface area contributed by atoms with E-state index >= 15 is 4.39 Å². The topological polar surface area (TPSA) is 76.3 Å². The molecule has 5 heterocycles. The van der Waals surface area contributed by atoms with Crippen molar-refractivity contribution < 1.29 is 18.7 Å². The van der Waals surface area contributed by atoms with Gasteiger partial charge in [-0.15, -0.1) is 0 Å². The molecular weight excluding hydrogens is 595 g/mol. The third kappa shape index (κ3) is 6.02. The second-order valence-corrected chi connectivity index (χ2v) is 13.7. The number of benzene rings is 1. The quantitative estimate of drug-likeness (QED) is 0.235. The predicted octanol–water partition coefficient (Wildman–Crippen LogP) is 5.83. The van der Waals surface area contributed by atoms with E-state index in [-0.39, 0.29) is 24.2 Å². The van der Waals surface area contributed by atoms with Crippen LogP contribution in [-0.2, 0) is 16.1 Å². The summed E-state index contributed by atoms with van der Waals surface area (Å²) < 4.78 is 30.7. The second-order valence-electron chi connectivity index (χ2n) is 13.7. The summed E-state index contributed by atoms with van der Waals surface area (Å²) in [7, 11) is 5.28. The summed E-state index contributed by atoms with van der Waals surface area (Å²) in [5, 5.41) is 9.52. The number of hydrogen-bond donors (Lipinski definition) is 1. The lowest BCUT2D eigenvalue weighted by Gasteiger charge is -2.35. The molecule has 1 aliphatic carbocycles. The Morgan fingerprint density at radius 2 is 1.83 bits per heavy atom. The molecule has 7 rings (SSSR count). The molecule has 1 aromatic carbocycles. The van der Waals surface area contributed by atoms with Crippen LogP contribution in [0.1, 0.15) is 61.1 Å². The molecule has 1 unspecified atom stereocenters.